The number of guanidine groups is 1. The fraction of sp³-hybridized carbons (Fsp3) is 0.333. The Balaban J connectivity index is 1.56. The summed E-state index contributed by atoms with van der Waals surface area (Å²) in [7, 11) is 1.77. The van der Waals surface area contributed by atoms with Gasteiger partial charge in [0.2, 0.25) is 0 Å². The summed E-state index contributed by atoms with van der Waals surface area (Å²) in [6, 6.07) is 10.2. The van der Waals surface area contributed by atoms with Gasteiger partial charge in [-0.25, -0.2) is 0 Å². The zero-order chi connectivity index (χ0) is 17.5. The van der Waals surface area contributed by atoms with Gasteiger partial charge in [0, 0.05) is 44.7 Å². The van der Waals surface area contributed by atoms with E-state index in [1.165, 1.54) is 5.56 Å². The normalized spacial score (nSPS) is 11.7. The lowest BCUT2D eigenvalue weighted by Crippen LogP contribution is -2.38. The summed E-state index contributed by atoms with van der Waals surface area (Å²) < 4.78 is 2.05. The van der Waals surface area contributed by atoms with Gasteiger partial charge in [-0.3, -0.25) is 9.98 Å². The topological polar surface area (TPSA) is 80.0 Å². The molecule has 25 heavy (non-hydrogen) atoms. The van der Waals surface area contributed by atoms with Crippen LogP contribution in [-0.2, 0) is 19.5 Å². The predicted octanol–water partition coefficient (Wildman–Crippen LogP) is 1.75. The Bertz CT molecular complexity index is 848. The van der Waals surface area contributed by atoms with Gasteiger partial charge in [-0.1, -0.05) is 25.1 Å². The number of aromatic nitrogens is 4. The number of nitrogens with one attached hydrogen (secondary N) is 2. The van der Waals surface area contributed by atoms with Crippen molar-refractivity contribution in [2.75, 3.05) is 13.6 Å². The summed E-state index contributed by atoms with van der Waals surface area (Å²) in [4.78, 5) is 8.68. The van der Waals surface area contributed by atoms with Crippen LogP contribution in [0, 0.1) is 0 Å². The largest absolute Gasteiger partial charge is 0.355 e. The van der Waals surface area contributed by atoms with Crippen molar-refractivity contribution in [3.8, 4) is 0 Å². The van der Waals surface area contributed by atoms with Crippen LogP contribution in [0.5, 0.6) is 0 Å². The second-order valence-corrected chi connectivity index (χ2v) is 5.63. The average molecular weight is 337 g/mol. The molecule has 0 unspecified atom stereocenters. The highest BCUT2D eigenvalue weighted by Crippen LogP contribution is 2.15. The molecule has 0 bridgehead atoms. The maximum absolute atomic E-state index is 4.40. The van der Waals surface area contributed by atoms with Crippen molar-refractivity contribution in [2.24, 2.45) is 4.99 Å². The Morgan fingerprint density at radius 2 is 2.08 bits per heavy atom. The van der Waals surface area contributed by atoms with Crippen LogP contribution in [0.1, 0.15) is 18.3 Å². The van der Waals surface area contributed by atoms with Gasteiger partial charge in [-0.2, -0.15) is 0 Å². The molecule has 0 aliphatic carbocycles. The number of nitrogens with zero attached hydrogens (tertiary/aromatic N) is 5. The molecule has 1 aromatic carbocycles. The van der Waals surface area contributed by atoms with E-state index in [2.05, 4.69) is 48.4 Å². The molecular formula is C18H23N7. The van der Waals surface area contributed by atoms with Crippen LogP contribution in [-0.4, -0.2) is 39.3 Å². The van der Waals surface area contributed by atoms with E-state index in [1.54, 1.807) is 13.4 Å². The van der Waals surface area contributed by atoms with Gasteiger partial charge in [0.1, 0.15) is 12.2 Å². The van der Waals surface area contributed by atoms with Crippen LogP contribution in [0.2, 0.25) is 0 Å². The van der Waals surface area contributed by atoms with Crippen molar-refractivity contribution in [1.29, 1.82) is 0 Å². The monoisotopic (exact) mass is 337 g/mol. The van der Waals surface area contributed by atoms with Gasteiger partial charge in [-0.15, -0.1) is 10.2 Å². The van der Waals surface area contributed by atoms with Crippen LogP contribution < -0.4 is 10.6 Å². The average Bonchev–Trinajstić information content (AvgIpc) is 3.12. The molecule has 0 aliphatic heterocycles. The lowest BCUT2D eigenvalue weighted by Gasteiger charge is -2.13. The van der Waals surface area contributed by atoms with Crippen LogP contribution in [0.4, 0.5) is 0 Å². The van der Waals surface area contributed by atoms with Crippen molar-refractivity contribution in [1.82, 2.24) is 30.4 Å². The Kier molecular flexibility index (Phi) is 5.56. The first-order chi connectivity index (χ1) is 12.3. The summed E-state index contributed by atoms with van der Waals surface area (Å²) in [5.74, 6) is 1.76. The molecular weight excluding hydrogens is 314 g/mol. The lowest BCUT2D eigenvalue weighted by atomic mass is 10.1. The molecule has 2 N–H and O–H groups in total. The van der Waals surface area contributed by atoms with E-state index >= 15 is 0 Å². The third-order valence-electron chi connectivity index (χ3n) is 4.07. The van der Waals surface area contributed by atoms with E-state index in [4.69, 9.17) is 0 Å². The maximum atomic E-state index is 4.40. The first-order valence-electron chi connectivity index (χ1n) is 8.45. The van der Waals surface area contributed by atoms with Crippen LogP contribution >= 0.6 is 0 Å². The highest BCUT2D eigenvalue weighted by atomic mass is 15.3. The standard InChI is InChI=1S/C18H23N7/c1-3-17-24-23-13-25(17)11-10-21-18(19-2)22-12-14-8-9-20-16-7-5-4-6-15(14)16/h4-9,13H,3,10-12H2,1-2H3,(H2,19,21,22). The summed E-state index contributed by atoms with van der Waals surface area (Å²) in [6.45, 7) is 4.32. The molecule has 130 valence electrons. The fourth-order valence-corrected chi connectivity index (χ4v) is 2.74. The third-order valence-corrected chi connectivity index (χ3v) is 4.07. The first kappa shape index (κ1) is 16.9. The quantitative estimate of drug-likeness (QED) is 0.529. The van der Waals surface area contributed by atoms with Gasteiger partial charge in [0.25, 0.3) is 0 Å². The number of fused-ring (bicyclic) bond motifs is 1. The van der Waals surface area contributed by atoms with E-state index in [0.717, 1.165) is 42.2 Å². The molecule has 0 amide bonds. The number of hydrogen-bond acceptors (Lipinski definition) is 4. The van der Waals surface area contributed by atoms with Crippen LogP contribution in [0.15, 0.2) is 47.8 Å². The zero-order valence-electron chi connectivity index (χ0n) is 14.6. The molecule has 0 spiro atoms. The first-order valence-corrected chi connectivity index (χ1v) is 8.45. The van der Waals surface area contributed by atoms with Crippen molar-refractivity contribution < 1.29 is 0 Å². The van der Waals surface area contributed by atoms with Gasteiger partial charge < -0.3 is 15.2 Å². The number of aliphatic imine (C=N–C) groups is 1. The molecule has 2 heterocycles. The van der Waals surface area contributed by atoms with Crippen LogP contribution in [0.3, 0.4) is 0 Å². The highest BCUT2D eigenvalue weighted by Gasteiger charge is 2.04. The summed E-state index contributed by atoms with van der Waals surface area (Å²) in [5.41, 5.74) is 2.20. The molecule has 0 radical (unpaired) electrons. The molecule has 2 aromatic heterocycles. The molecule has 0 fully saturated rings. The van der Waals surface area contributed by atoms with Crippen molar-refractivity contribution in [3.05, 3.63) is 54.2 Å². The lowest BCUT2D eigenvalue weighted by molar-refractivity contribution is 0.632. The van der Waals surface area contributed by atoms with E-state index < -0.39 is 0 Å². The van der Waals surface area contributed by atoms with Crippen molar-refractivity contribution >= 4 is 16.9 Å². The Morgan fingerprint density at radius 3 is 2.92 bits per heavy atom. The minimum atomic E-state index is 0.690. The SMILES string of the molecule is CCc1nncn1CCNC(=NC)NCc1ccnc2ccccc12. The molecule has 0 saturated heterocycles. The summed E-state index contributed by atoms with van der Waals surface area (Å²) in [5, 5.41) is 15.9. The molecule has 3 rings (SSSR count). The van der Waals surface area contributed by atoms with Gasteiger partial charge in [0.15, 0.2) is 5.96 Å². The Morgan fingerprint density at radius 1 is 1.20 bits per heavy atom. The highest BCUT2D eigenvalue weighted by molar-refractivity contribution is 5.83. The molecule has 7 nitrogen and oxygen atoms in total. The summed E-state index contributed by atoms with van der Waals surface area (Å²) >= 11 is 0. The molecule has 3 aromatic rings. The number of benzene rings is 1. The number of hydrogen-bond donors (Lipinski definition) is 2. The zero-order valence-corrected chi connectivity index (χ0v) is 14.6. The Labute approximate surface area is 147 Å². The smallest absolute Gasteiger partial charge is 0.191 e. The second kappa shape index (κ2) is 8.23. The second-order valence-electron chi connectivity index (χ2n) is 5.63. The number of rotatable bonds is 6. The predicted molar refractivity (Wildman–Crippen MR) is 99.3 cm³/mol. The van der Waals surface area contributed by atoms with Gasteiger partial charge in [0.05, 0.1) is 5.52 Å². The third kappa shape index (κ3) is 4.12. The van der Waals surface area contributed by atoms with E-state index in [-0.39, 0.29) is 0 Å². The maximum Gasteiger partial charge on any atom is 0.191 e. The van der Waals surface area contributed by atoms with Gasteiger partial charge >= 0.3 is 0 Å². The van der Waals surface area contributed by atoms with E-state index in [9.17, 15) is 0 Å². The van der Waals surface area contributed by atoms with E-state index in [0.29, 0.717) is 6.54 Å². The molecule has 0 aliphatic rings. The molecule has 0 saturated carbocycles. The number of aryl methyl sites for hydroxylation is 1. The number of para-hydroxylation sites is 1. The summed E-state index contributed by atoms with van der Waals surface area (Å²) in [6.07, 6.45) is 4.48. The molecule has 7 heteroatoms. The molecule has 0 atom stereocenters. The van der Waals surface area contributed by atoms with E-state index in [1.807, 2.05) is 30.5 Å². The van der Waals surface area contributed by atoms with Gasteiger partial charge in [-0.05, 0) is 17.7 Å². The minimum Gasteiger partial charge on any atom is -0.355 e. The van der Waals surface area contributed by atoms with Crippen LogP contribution in [0.25, 0.3) is 10.9 Å². The van der Waals surface area contributed by atoms with Crippen molar-refractivity contribution in [3.63, 3.8) is 0 Å². The Hall–Kier alpha value is -2.96. The number of pyridine rings is 1. The van der Waals surface area contributed by atoms with Crippen molar-refractivity contribution in [2.45, 2.75) is 26.4 Å². The minimum absolute atomic E-state index is 0.690. The fourth-order valence-electron chi connectivity index (χ4n) is 2.74.